The molecule has 36 heavy (non-hydrogen) atoms. The molecule has 1 aliphatic rings. The maximum Gasteiger partial charge on any atom is 0.412 e. The third kappa shape index (κ3) is 5.15. The molecule has 3 N–H and O–H groups in total. The average Bonchev–Trinajstić information content (AvgIpc) is 3.19. The zero-order chi connectivity index (χ0) is 26.2. The highest BCUT2D eigenvalue weighted by atomic mass is 19.1. The summed E-state index contributed by atoms with van der Waals surface area (Å²) in [6.45, 7) is 6.32. The maximum atomic E-state index is 15.0. The van der Waals surface area contributed by atoms with Gasteiger partial charge in [-0.15, -0.1) is 0 Å². The van der Waals surface area contributed by atoms with Crippen molar-refractivity contribution >= 4 is 28.9 Å². The van der Waals surface area contributed by atoms with E-state index < -0.39 is 17.9 Å². The molecule has 3 aromatic rings. The molecule has 2 aromatic heterocycles. The van der Waals surface area contributed by atoms with Crippen molar-refractivity contribution in [2.24, 2.45) is 0 Å². The average molecular weight is 500 g/mol. The molecule has 0 radical (unpaired) electrons. The molecule has 3 heterocycles. The lowest BCUT2D eigenvalue weighted by atomic mass is 10.0. The van der Waals surface area contributed by atoms with E-state index in [-0.39, 0.29) is 12.6 Å². The molecular weight excluding hydrogens is 465 g/mol. The van der Waals surface area contributed by atoms with E-state index in [2.05, 4.69) is 15.4 Å². The molecule has 0 aliphatic carbocycles. The van der Waals surface area contributed by atoms with E-state index in [9.17, 15) is 9.18 Å². The number of methoxy groups -OCH3 is 1. The summed E-state index contributed by atoms with van der Waals surface area (Å²) in [6, 6.07) is 7.20. The lowest BCUT2D eigenvalue weighted by Crippen LogP contribution is -2.50. The number of nitrogens with two attached hydrogens (primary N) is 1. The summed E-state index contributed by atoms with van der Waals surface area (Å²) in [6.07, 6.45) is 0.504. The van der Waals surface area contributed by atoms with Gasteiger partial charge in [0, 0.05) is 18.2 Å². The van der Waals surface area contributed by atoms with Crippen LogP contribution in [0, 0.1) is 0 Å². The zero-order valence-corrected chi connectivity index (χ0v) is 21.6. The van der Waals surface area contributed by atoms with Crippen LogP contribution >= 0.6 is 0 Å². The van der Waals surface area contributed by atoms with E-state index in [0.29, 0.717) is 35.7 Å². The number of nitrogen functional groups attached to an aromatic ring is 1. The normalized spacial score (nSPS) is 18.5. The van der Waals surface area contributed by atoms with Crippen LogP contribution in [0.5, 0.6) is 5.75 Å². The second kappa shape index (κ2) is 9.81. The van der Waals surface area contributed by atoms with E-state index in [1.54, 1.807) is 37.4 Å². The number of aromatic nitrogens is 3. The van der Waals surface area contributed by atoms with E-state index >= 15 is 0 Å². The summed E-state index contributed by atoms with van der Waals surface area (Å²) < 4.78 is 27.6. The first-order valence-electron chi connectivity index (χ1n) is 11.8. The number of anilines is 3. The first kappa shape index (κ1) is 25.5. The van der Waals surface area contributed by atoms with Crippen molar-refractivity contribution in [2.75, 3.05) is 50.2 Å². The minimum Gasteiger partial charge on any atom is -0.495 e. The SMILES string of the molecule is COc1cc(-c2cc(N3CC[C@H](N(C)C)[C@H](F)C3)n3ncnc(N)c23)ccc1NC(=O)OC(C)(C)C. The number of piperidine rings is 1. The minimum atomic E-state index is -1.000. The molecular formula is C25H34FN7O3. The highest BCUT2D eigenvalue weighted by molar-refractivity contribution is 5.93. The monoisotopic (exact) mass is 499 g/mol. The third-order valence-corrected chi connectivity index (χ3v) is 6.21. The minimum absolute atomic E-state index is 0.124. The van der Waals surface area contributed by atoms with Gasteiger partial charge in [0.1, 0.15) is 35.2 Å². The molecule has 0 bridgehead atoms. The number of benzene rings is 1. The Hall–Kier alpha value is -3.60. The Morgan fingerprint density at radius 1 is 1.28 bits per heavy atom. The van der Waals surface area contributed by atoms with Crippen LogP contribution in [-0.4, -0.2) is 77.7 Å². The molecule has 1 aromatic carbocycles. The first-order chi connectivity index (χ1) is 17.0. The Balaban J connectivity index is 1.71. The number of nitrogens with one attached hydrogen (secondary N) is 1. The van der Waals surface area contributed by atoms with Gasteiger partial charge in [-0.05, 0) is 65.0 Å². The summed E-state index contributed by atoms with van der Waals surface area (Å²) in [5, 5.41) is 7.15. The quantitative estimate of drug-likeness (QED) is 0.545. The summed E-state index contributed by atoms with van der Waals surface area (Å²) >= 11 is 0. The Morgan fingerprint density at radius 2 is 2.03 bits per heavy atom. The molecule has 0 saturated carbocycles. The number of halogens is 1. The number of carbonyl (C=O) groups excluding carboxylic acids is 1. The molecule has 0 spiro atoms. The standard InChI is InChI=1S/C25H34FN7O3/c1-25(2,3)36-24(34)30-18-8-7-15(11-20(18)35-6)16-12-21(33-22(16)23(27)28-14-29-33)32-10-9-19(31(4)5)17(26)13-32/h7-8,11-12,14,17,19H,9-10,13H2,1-6H3,(H,30,34)(H2,27,28,29)/t17-,19+/m1/s1. The zero-order valence-electron chi connectivity index (χ0n) is 21.6. The summed E-state index contributed by atoms with van der Waals surface area (Å²) in [7, 11) is 5.33. The van der Waals surface area contributed by atoms with Crippen LogP contribution in [0.1, 0.15) is 27.2 Å². The number of fused-ring (bicyclic) bond motifs is 1. The molecule has 194 valence electrons. The number of hydrogen-bond donors (Lipinski definition) is 2. The smallest absolute Gasteiger partial charge is 0.412 e. The number of ether oxygens (including phenoxy) is 2. The molecule has 2 atom stereocenters. The number of nitrogens with zero attached hydrogens (tertiary/aromatic N) is 5. The van der Waals surface area contributed by atoms with Gasteiger partial charge in [0.25, 0.3) is 0 Å². The van der Waals surface area contributed by atoms with Crippen LogP contribution in [0.4, 0.5) is 26.5 Å². The topological polar surface area (TPSA) is 110 Å². The van der Waals surface area contributed by atoms with Gasteiger partial charge in [0.2, 0.25) is 0 Å². The first-order valence-corrected chi connectivity index (χ1v) is 11.8. The van der Waals surface area contributed by atoms with Crippen molar-refractivity contribution in [1.82, 2.24) is 19.5 Å². The van der Waals surface area contributed by atoms with Gasteiger partial charge in [-0.1, -0.05) is 6.07 Å². The van der Waals surface area contributed by atoms with E-state index in [4.69, 9.17) is 15.2 Å². The maximum absolute atomic E-state index is 15.0. The molecule has 10 nitrogen and oxygen atoms in total. The van der Waals surface area contributed by atoms with E-state index in [0.717, 1.165) is 16.9 Å². The number of carbonyl (C=O) groups is 1. The molecule has 1 saturated heterocycles. The summed E-state index contributed by atoms with van der Waals surface area (Å²) in [5.74, 6) is 1.50. The van der Waals surface area contributed by atoms with Crippen LogP contribution in [0.25, 0.3) is 16.6 Å². The Morgan fingerprint density at radius 3 is 2.67 bits per heavy atom. The second-order valence-electron chi connectivity index (χ2n) is 10.1. The fourth-order valence-corrected chi connectivity index (χ4v) is 4.55. The molecule has 0 unspecified atom stereocenters. The Kier molecular flexibility index (Phi) is 6.94. The number of hydrogen-bond acceptors (Lipinski definition) is 8. The predicted octanol–water partition coefficient (Wildman–Crippen LogP) is 3.81. The number of alkyl halides is 1. The van der Waals surface area contributed by atoms with Crippen molar-refractivity contribution in [3.63, 3.8) is 0 Å². The predicted molar refractivity (Wildman–Crippen MR) is 138 cm³/mol. The van der Waals surface area contributed by atoms with Crippen LogP contribution in [0.3, 0.4) is 0 Å². The van der Waals surface area contributed by atoms with Crippen LogP contribution in [-0.2, 0) is 4.74 Å². The third-order valence-electron chi connectivity index (χ3n) is 6.21. The van der Waals surface area contributed by atoms with Crippen molar-refractivity contribution in [3.05, 3.63) is 30.6 Å². The van der Waals surface area contributed by atoms with Crippen molar-refractivity contribution in [1.29, 1.82) is 0 Å². The highest BCUT2D eigenvalue weighted by Crippen LogP contribution is 2.38. The van der Waals surface area contributed by atoms with Gasteiger partial charge in [-0.3, -0.25) is 5.32 Å². The van der Waals surface area contributed by atoms with Crippen LogP contribution in [0.15, 0.2) is 30.6 Å². The number of rotatable bonds is 5. The lowest BCUT2D eigenvalue weighted by molar-refractivity contribution is 0.0635. The van der Waals surface area contributed by atoms with Crippen molar-refractivity contribution < 1.29 is 18.7 Å². The second-order valence-corrected chi connectivity index (χ2v) is 10.1. The van der Waals surface area contributed by atoms with E-state index in [1.807, 2.05) is 36.0 Å². The molecule has 11 heteroatoms. The van der Waals surface area contributed by atoms with Crippen LogP contribution < -0.4 is 20.7 Å². The van der Waals surface area contributed by atoms with Crippen LogP contribution in [0.2, 0.25) is 0 Å². The summed E-state index contributed by atoms with van der Waals surface area (Å²) in [5.41, 5.74) is 8.29. The van der Waals surface area contributed by atoms with Gasteiger partial charge >= 0.3 is 6.09 Å². The fraction of sp³-hybridized carbons (Fsp3) is 0.480. The molecule has 1 aliphatic heterocycles. The van der Waals surface area contributed by atoms with Gasteiger partial charge in [0.15, 0.2) is 5.82 Å². The number of amides is 1. The van der Waals surface area contributed by atoms with Gasteiger partial charge in [0.05, 0.1) is 19.3 Å². The van der Waals surface area contributed by atoms with Gasteiger partial charge in [-0.2, -0.15) is 5.10 Å². The molecule has 1 amide bonds. The lowest BCUT2D eigenvalue weighted by Gasteiger charge is -2.38. The van der Waals surface area contributed by atoms with Gasteiger partial charge in [-0.25, -0.2) is 18.7 Å². The largest absolute Gasteiger partial charge is 0.495 e. The summed E-state index contributed by atoms with van der Waals surface area (Å²) in [4.78, 5) is 20.4. The van der Waals surface area contributed by atoms with Crippen molar-refractivity contribution in [2.45, 2.75) is 45.0 Å². The molecule has 1 fully saturated rings. The Labute approximate surface area is 210 Å². The van der Waals surface area contributed by atoms with E-state index in [1.165, 1.54) is 13.4 Å². The highest BCUT2D eigenvalue weighted by Gasteiger charge is 2.32. The van der Waals surface area contributed by atoms with Crippen molar-refractivity contribution in [3.8, 4) is 16.9 Å². The van der Waals surface area contributed by atoms with Gasteiger partial charge < -0.3 is 25.0 Å². The Bertz CT molecular complexity index is 1250. The molecule has 4 rings (SSSR count). The fourth-order valence-electron chi connectivity index (χ4n) is 4.55.